The molecule has 0 saturated carbocycles. The number of carbonyl (C=O) groups excluding carboxylic acids is 4. The van der Waals surface area contributed by atoms with Crippen LogP contribution in [0, 0.1) is 73.6 Å². The fourth-order valence-electron chi connectivity index (χ4n) is 9.63. The molecule has 4 aliphatic heterocycles. The topological polar surface area (TPSA) is 168 Å². The molecule has 8 rings (SSSR count). The van der Waals surface area contributed by atoms with E-state index in [1.54, 1.807) is 22.2 Å². The van der Waals surface area contributed by atoms with Gasteiger partial charge in [-0.05, 0) is 74.9 Å². The smallest absolute Gasteiger partial charge is 0.269 e. The Bertz CT molecular complexity index is 2180. The number of rotatable bonds is 6. The summed E-state index contributed by atoms with van der Waals surface area (Å²) in [5.41, 5.74) is 5.58. The van der Waals surface area contributed by atoms with E-state index in [2.05, 4.69) is 0 Å². The number of hydrogen-bond acceptors (Lipinski definition) is 10. The summed E-state index contributed by atoms with van der Waals surface area (Å²) < 4.78 is 0. The summed E-state index contributed by atoms with van der Waals surface area (Å²) in [5.74, 6) is -4.62. The van der Waals surface area contributed by atoms with Gasteiger partial charge in [-0.3, -0.25) is 39.4 Å². The second-order valence-electron chi connectivity index (χ2n) is 14.8. The van der Waals surface area contributed by atoms with Gasteiger partial charge < -0.3 is 0 Å². The lowest BCUT2D eigenvalue weighted by molar-refractivity contribution is -0.385. The van der Waals surface area contributed by atoms with Crippen molar-refractivity contribution >= 4 is 46.4 Å². The highest BCUT2D eigenvalue weighted by molar-refractivity contribution is 6.27. The van der Waals surface area contributed by atoms with Crippen molar-refractivity contribution in [2.45, 2.75) is 65.7 Å². The minimum atomic E-state index is -1.26. The third-order valence-corrected chi connectivity index (χ3v) is 11.3. The highest BCUT2D eigenvalue weighted by Gasteiger charge is 2.74. The standard InChI is InChI=1S/C40H36N6O8/c1-19-13-21(3)31(22(4)14-19)41-37(47)29-33(25-9-7-11-27(17-25)45(51)52)44-36-30(38(48)42(40(36)50)32-23(5)15-20(2)16-24(32)6)34(43(44)35(29)39(41)49)26-10-8-12-28(18-26)46(53)54/h7-18,29-30,33-36H,1-6H3. The maximum atomic E-state index is 15.0. The predicted octanol–water partition coefficient (Wildman–Crippen LogP) is 5.80. The maximum absolute atomic E-state index is 15.0. The number of hydrogen-bond donors (Lipinski definition) is 0. The van der Waals surface area contributed by atoms with Gasteiger partial charge in [-0.25, -0.2) is 19.8 Å². The molecule has 14 heteroatoms. The molecule has 274 valence electrons. The van der Waals surface area contributed by atoms with E-state index in [0.29, 0.717) is 44.8 Å². The number of hydrazine groups is 1. The average molecular weight is 729 g/mol. The van der Waals surface area contributed by atoms with Crippen LogP contribution in [0.3, 0.4) is 0 Å². The third-order valence-electron chi connectivity index (χ3n) is 11.3. The zero-order valence-electron chi connectivity index (χ0n) is 30.3. The second-order valence-corrected chi connectivity index (χ2v) is 14.8. The lowest BCUT2D eigenvalue weighted by Crippen LogP contribution is -2.50. The lowest BCUT2D eigenvalue weighted by atomic mass is 9.84. The monoisotopic (exact) mass is 728 g/mol. The van der Waals surface area contributed by atoms with Crippen LogP contribution in [0.15, 0.2) is 72.8 Å². The Hall–Kier alpha value is -6.12. The first kappa shape index (κ1) is 34.9. The Morgan fingerprint density at radius 3 is 1.13 bits per heavy atom. The van der Waals surface area contributed by atoms with Gasteiger partial charge in [0.2, 0.25) is 11.8 Å². The van der Waals surface area contributed by atoms with Crippen LogP contribution in [0.25, 0.3) is 0 Å². The largest absolute Gasteiger partial charge is 0.274 e. The molecule has 4 saturated heterocycles. The van der Waals surface area contributed by atoms with Gasteiger partial charge in [0, 0.05) is 24.3 Å². The van der Waals surface area contributed by atoms with E-state index >= 15 is 0 Å². The van der Waals surface area contributed by atoms with E-state index in [1.165, 1.54) is 36.4 Å². The van der Waals surface area contributed by atoms with Crippen LogP contribution in [-0.2, 0) is 19.2 Å². The number of nitro groups is 2. The predicted molar refractivity (Wildman–Crippen MR) is 196 cm³/mol. The molecule has 54 heavy (non-hydrogen) atoms. The van der Waals surface area contributed by atoms with Crippen LogP contribution in [0.1, 0.15) is 56.6 Å². The minimum absolute atomic E-state index is 0.256. The first-order chi connectivity index (χ1) is 25.6. The van der Waals surface area contributed by atoms with E-state index in [4.69, 9.17) is 0 Å². The SMILES string of the molecule is Cc1cc(C)c(N2C(=O)C3C(C2=O)N2C(c4cccc([N+](=O)[O-])c4)C4C(=O)N(c5c(C)cc(C)cc5C)C(=O)C4N2C3c2cccc([N+](=O)[O-])c2)c(C)c1. The van der Waals surface area contributed by atoms with E-state index in [0.717, 1.165) is 20.9 Å². The van der Waals surface area contributed by atoms with Crippen molar-refractivity contribution in [1.29, 1.82) is 0 Å². The van der Waals surface area contributed by atoms with Gasteiger partial charge in [0.1, 0.15) is 12.1 Å². The first-order valence-corrected chi connectivity index (χ1v) is 17.6. The second kappa shape index (κ2) is 12.2. The molecule has 0 N–H and O–H groups in total. The summed E-state index contributed by atoms with van der Waals surface area (Å²) in [6.07, 6.45) is 0. The quantitative estimate of drug-likeness (QED) is 0.135. The third kappa shape index (κ3) is 4.86. The van der Waals surface area contributed by atoms with Crippen molar-refractivity contribution in [2.75, 3.05) is 9.80 Å². The fourth-order valence-corrected chi connectivity index (χ4v) is 9.63. The van der Waals surface area contributed by atoms with E-state index in [-0.39, 0.29) is 11.4 Å². The van der Waals surface area contributed by atoms with Crippen molar-refractivity contribution in [2.24, 2.45) is 11.8 Å². The van der Waals surface area contributed by atoms with Crippen LogP contribution in [-0.4, -0.2) is 55.6 Å². The van der Waals surface area contributed by atoms with Gasteiger partial charge in [-0.1, -0.05) is 59.7 Å². The summed E-state index contributed by atoms with van der Waals surface area (Å²) >= 11 is 0. The molecule has 4 aromatic carbocycles. The zero-order chi connectivity index (χ0) is 38.7. The van der Waals surface area contributed by atoms with Crippen molar-refractivity contribution in [3.63, 3.8) is 0 Å². The van der Waals surface area contributed by atoms with E-state index < -0.39 is 69.5 Å². The number of aryl methyl sites for hydroxylation is 6. The highest BCUT2D eigenvalue weighted by atomic mass is 16.6. The van der Waals surface area contributed by atoms with Gasteiger partial charge >= 0.3 is 0 Å². The molecule has 0 bridgehead atoms. The number of carbonyl (C=O) groups is 4. The van der Waals surface area contributed by atoms with Crippen LogP contribution in [0.4, 0.5) is 22.7 Å². The molecule has 4 aliphatic rings. The van der Waals surface area contributed by atoms with E-state index in [9.17, 15) is 39.4 Å². The molecule has 6 unspecified atom stereocenters. The number of nitro benzene ring substituents is 2. The molecule has 4 fully saturated rings. The fraction of sp³-hybridized carbons (Fsp3) is 0.300. The van der Waals surface area contributed by atoms with Gasteiger partial charge in [0.25, 0.3) is 23.2 Å². The number of non-ortho nitro benzene ring substituents is 2. The summed E-state index contributed by atoms with van der Waals surface area (Å²) in [6.45, 7) is 11.0. The van der Waals surface area contributed by atoms with Gasteiger partial charge in [0.15, 0.2) is 0 Å². The summed E-state index contributed by atoms with van der Waals surface area (Å²) in [7, 11) is 0. The summed E-state index contributed by atoms with van der Waals surface area (Å²) in [5, 5.41) is 27.3. The van der Waals surface area contributed by atoms with Crippen LogP contribution >= 0.6 is 0 Å². The molecule has 0 aliphatic carbocycles. The Balaban J connectivity index is 1.38. The van der Waals surface area contributed by atoms with Crippen molar-refractivity contribution in [3.05, 3.63) is 138 Å². The van der Waals surface area contributed by atoms with Crippen LogP contribution in [0.2, 0.25) is 0 Å². The highest BCUT2D eigenvalue weighted by Crippen LogP contribution is 2.60. The maximum Gasteiger partial charge on any atom is 0.269 e. The molecule has 0 aromatic heterocycles. The van der Waals surface area contributed by atoms with Crippen LogP contribution in [0.5, 0.6) is 0 Å². The molecule has 0 spiro atoms. The number of benzene rings is 4. The van der Waals surface area contributed by atoms with E-state index in [1.807, 2.05) is 65.8 Å². The molecule has 4 aromatic rings. The molecular weight excluding hydrogens is 692 g/mol. The number of fused-ring (bicyclic) bond motifs is 5. The molecule has 14 nitrogen and oxygen atoms in total. The van der Waals surface area contributed by atoms with Gasteiger partial charge in [0.05, 0.1) is 45.1 Å². The summed E-state index contributed by atoms with van der Waals surface area (Å²) in [6, 6.07) is 14.2. The Morgan fingerprint density at radius 1 is 0.481 bits per heavy atom. The molecule has 6 atom stereocenters. The Labute approximate surface area is 309 Å². The Morgan fingerprint density at radius 2 is 0.815 bits per heavy atom. The number of imide groups is 2. The van der Waals surface area contributed by atoms with Crippen LogP contribution < -0.4 is 9.80 Å². The number of anilines is 2. The molecule has 0 radical (unpaired) electrons. The number of nitrogens with zero attached hydrogens (tertiary/aromatic N) is 6. The normalized spacial score (nSPS) is 25.1. The minimum Gasteiger partial charge on any atom is -0.274 e. The van der Waals surface area contributed by atoms with Crippen molar-refractivity contribution < 1.29 is 29.0 Å². The van der Waals surface area contributed by atoms with Crippen molar-refractivity contribution in [3.8, 4) is 0 Å². The first-order valence-electron chi connectivity index (χ1n) is 17.6. The molecule has 4 heterocycles. The van der Waals surface area contributed by atoms with Gasteiger partial charge in [-0.2, -0.15) is 0 Å². The summed E-state index contributed by atoms with van der Waals surface area (Å²) in [4.78, 5) is 85.1. The lowest BCUT2D eigenvalue weighted by Gasteiger charge is -2.36. The molecule has 4 amide bonds. The zero-order valence-corrected chi connectivity index (χ0v) is 30.3. The van der Waals surface area contributed by atoms with Crippen molar-refractivity contribution in [1.82, 2.24) is 10.0 Å². The average Bonchev–Trinajstić information content (AvgIpc) is 3.77. The van der Waals surface area contributed by atoms with Gasteiger partial charge in [-0.15, -0.1) is 0 Å². The molecular formula is C40H36N6O8. The Kier molecular flexibility index (Phi) is 7.90. The number of amides is 4.